The average Bonchev–Trinajstić information content (AvgIpc) is 2.29. The zero-order valence-electron chi connectivity index (χ0n) is 9.94. The molecule has 0 fully saturated rings. The van der Waals surface area contributed by atoms with E-state index >= 15 is 0 Å². The number of benzene rings is 1. The Morgan fingerprint density at radius 2 is 1.76 bits per heavy atom. The lowest BCUT2D eigenvalue weighted by atomic mass is 9.98. The van der Waals surface area contributed by atoms with E-state index in [4.69, 9.17) is 17.3 Å². The van der Waals surface area contributed by atoms with Crippen LogP contribution < -0.4 is 5.73 Å². The first-order chi connectivity index (χ1) is 8.09. The quantitative estimate of drug-likeness (QED) is 0.882. The van der Waals surface area contributed by atoms with Crippen LogP contribution in [0.2, 0.25) is 5.02 Å². The molecule has 2 nitrogen and oxygen atoms in total. The number of pyridine rings is 1. The van der Waals surface area contributed by atoms with Crippen molar-refractivity contribution >= 4 is 11.6 Å². The summed E-state index contributed by atoms with van der Waals surface area (Å²) in [4.78, 5) is 4.43. The molecular formula is C14H15ClN2. The summed E-state index contributed by atoms with van der Waals surface area (Å²) in [6.45, 7) is 3.94. The summed E-state index contributed by atoms with van der Waals surface area (Å²) in [5.41, 5.74) is 10.1. The molecule has 17 heavy (non-hydrogen) atoms. The van der Waals surface area contributed by atoms with Gasteiger partial charge in [-0.15, -0.1) is 0 Å². The molecule has 0 amide bonds. The normalized spacial score (nSPS) is 12.5. The third kappa shape index (κ3) is 2.48. The maximum absolute atomic E-state index is 6.24. The van der Waals surface area contributed by atoms with E-state index in [-0.39, 0.29) is 6.04 Å². The Bertz CT molecular complexity index is 537. The lowest BCUT2D eigenvalue weighted by molar-refractivity contribution is 0.844. The van der Waals surface area contributed by atoms with Crippen LogP contribution in [-0.4, -0.2) is 4.98 Å². The van der Waals surface area contributed by atoms with Crippen LogP contribution in [0.25, 0.3) is 0 Å². The topological polar surface area (TPSA) is 38.9 Å². The van der Waals surface area contributed by atoms with Gasteiger partial charge in [-0.1, -0.05) is 35.9 Å². The van der Waals surface area contributed by atoms with Crippen molar-refractivity contribution < 1.29 is 0 Å². The van der Waals surface area contributed by atoms with Gasteiger partial charge >= 0.3 is 0 Å². The summed E-state index contributed by atoms with van der Waals surface area (Å²) in [7, 11) is 0. The molecule has 0 saturated carbocycles. The predicted octanol–water partition coefficient (Wildman–Crippen LogP) is 3.40. The van der Waals surface area contributed by atoms with Crippen molar-refractivity contribution in [1.29, 1.82) is 0 Å². The summed E-state index contributed by atoms with van der Waals surface area (Å²) in [6.07, 6.45) is 0. The number of halogens is 1. The summed E-state index contributed by atoms with van der Waals surface area (Å²) in [5, 5.41) is 0.694. The summed E-state index contributed by atoms with van der Waals surface area (Å²) < 4.78 is 0. The standard InChI is InChI=1S/C14H15ClN2/c1-9-7-8-11(10(2)17-9)14(16)12-5-3-4-6-13(12)15/h3-8,14H,16H2,1-2H3. The van der Waals surface area contributed by atoms with E-state index in [1.807, 2.05) is 50.2 Å². The maximum Gasteiger partial charge on any atom is 0.0584 e. The number of hydrogen-bond donors (Lipinski definition) is 1. The van der Waals surface area contributed by atoms with Crippen molar-refractivity contribution in [2.45, 2.75) is 19.9 Å². The number of rotatable bonds is 2. The van der Waals surface area contributed by atoms with Crippen LogP contribution in [-0.2, 0) is 0 Å². The van der Waals surface area contributed by atoms with E-state index in [0.29, 0.717) is 5.02 Å². The molecule has 0 radical (unpaired) electrons. The Hall–Kier alpha value is -1.38. The van der Waals surface area contributed by atoms with Crippen molar-refractivity contribution in [2.75, 3.05) is 0 Å². The number of hydrogen-bond acceptors (Lipinski definition) is 2. The molecule has 88 valence electrons. The van der Waals surface area contributed by atoms with Crippen LogP contribution in [0.5, 0.6) is 0 Å². The van der Waals surface area contributed by atoms with Gasteiger partial charge in [-0.05, 0) is 37.1 Å². The highest BCUT2D eigenvalue weighted by Crippen LogP contribution is 2.27. The molecule has 1 unspecified atom stereocenters. The van der Waals surface area contributed by atoms with E-state index < -0.39 is 0 Å². The fourth-order valence-corrected chi connectivity index (χ4v) is 2.17. The Morgan fingerprint density at radius 3 is 2.41 bits per heavy atom. The molecule has 2 N–H and O–H groups in total. The molecular weight excluding hydrogens is 232 g/mol. The molecule has 3 heteroatoms. The van der Waals surface area contributed by atoms with E-state index in [1.165, 1.54) is 0 Å². The molecule has 1 heterocycles. The minimum atomic E-state index is -0.225. The fourth-order valence-electron chi connectivity index (χ4n) is 1.92. The number of aryl methyl sites for hydroxylation is 2. The van der Waals surface area contributed by atoms with Gasteiger partial charge in [0.1, 0.15) is 0 Å². The van der Waals surface area contributed by atoms with Crippen LogP contribution in [0.4, 0.5) is 0 Å². The smallest absolute Gasteiger partial charge is 0.0584 e. The Balaban J connectivity index is 2.44. The number of nitrogens with two attached hydrogens (primary N) is 1. The van der Waals surface area contributed by atoms with Crippen molar-refractivity contribution in [2.24, 2.45) is 5.73 Å². The van der Waals surface area contributed by atoms with Crippen molar-refractivity contribution in [3.05, 3.63) is 63.9 Å². The van der Waals surface area contributed by atoms with Crippen molar-refractivity contribution in [3.8, 4) is 0 Å². The van der Waals surface area contributed by atoms with Crippen LogP contribution >= 0.6 is 11.6 Å². The second kappa shape index (κ2) is 4.86. The SMILES string of the molecule is Cc1ccc(C(N)c2ccccc2Cl)c(C)n1. The van der Waals surface area contributed by atoms with Gasteiger partial charge in [0, 0.05) is 16.4 Å². The second-order valence-electron chi connectivity index (χ2n) is 4.13. The first-order valence-electron chi connectivity index (χ1n) is 5.53. The third-order valence-corrected chi connectivity index (χ3v) is 3.19. The van der Waals surface area contributed by atoms with Crippen LogP contribution in [0.15, 0.2) is 36.4 Å². The minimum absolute atomic E-state index is 0.225. The molecule has 0 saturated heterocycles. The van der Waals surface area contributed by atoms with E-state index in [2.05, 4.69) is 4.98 Å². The average molecular weight is 247 g/mol. The van der Waals surface area contributed by atoms with Gasteiger partial charge in [-0.3, -0.25) is 4.98 Å². The number of aromatic nitrogens is 1. The Labute approximate surface area is 106 Å². The molecule has 0 spiro atoms. The molecule has 0 bridgehead atoms. The summed E-state index contributed by atoms with van der Waals surface area (Å²) >= 11 is 6.15. The predicted molar refractivity (Wildman–Crippen MR) is 71.2 cm³/mol. The Kier molecular flexibility index (Phi) is 3.46. The summed E-state index contributed by atoms with van der Waals surface area (Å²) in [5.74, 6) is 0. The van der Waals surface area contributed by atoms with Crippen LogP contribution in [0.1, 0.15) is 28.6 Å². The zero-order chi connectivity index (χ0) is 12.4. The van der Waals surface area contributed by atoms with E-state index in [9.17, 15) is 0 Å². The van der Waals surface area contributed by atoms with Gasteiger partial charge in [-0.2, -0.15) is 0 Å². The lowest BCUT2D eigenvalue weighted by Gasteiger charge is -2.16. The maximum atomic E-state index is 6.24. The van der Waals surface area contributed by atoms with Crippen molar-refractivity contribution in [1.82, 2.24) is 4.98 Å². The molecule has 2 aromatic rings. The third-order valence-electron chi connectivity index (χ3n) is 2.84. The van der Waals surface area contributed by atoms with Gasteiger partial charge in [0.15, 0.2) is 0 Å². The zero-order valence-corrected chi connectivity index (χ0v) is 10.7. The molecule has 0 aliphatic heterocycles. The highest BCUT2D eigenvalue weighted by molar-refractivity contribution is 6.31. The van der Waals surface area contributed by atoms with E-state index in [0.717, 1.165) is 22.5 Å². The molecule has 1 atom stereocenters. The highest BCUT2D eigenvalue weighted by Gasteiger charge is 2.14. The van der Waals surface area contributed by atoms with E-state index in [1.54, 1.807) is 0 Å². The van der Waals surface area contributed by atoms with Crippen molar-refractivity contribution in [3.63, 3.8) is 0 Å². The second-order valence-corrected chi connectivity index (χ2v) is 4.53. The first-order valence-corrected chi connectivity index (χ1v) is 5.91. The molecule has 1 aromatic heterocycles. The minimum Gasteiger partial charge on any atom is -0.320 e. The van der Waals surface area contributed by atoms with Gasteiger partial charge in [-0.25, -0.2) is 0 Å². The molecule has 2 rings (SSSR count). The van der Waals surface area contributed by atoms with Gasteiger partial charge in [0.2, 0.25) is 0 Å². The lowest BCUT2D eigenvalue weighted by Crippen LogP contribution is -2.14. The Morgan fingerprint density at radius 1 is 1.06 bits per heavy atom. The molecule has 0 aliphatic carbocycles. The van der Waals surface area contributed by atoms with Gasteiger partial charge < -0.3 is 5.73 Å². The fraction of sp³-hybridized carbons (Fsp3) is 0.214. The summed E-state index contributed by atoms with van der Waals surface area (Å²) in [6, 6.07) is 11.4. The highest BCUT2D eigenvalue weighted by atomic mass is 35.5. The monoisotopic (exact) mass is 246 g/mol. The molecule has 0 aliphatic rings. The van der Waals surface area contributed by atoms with Gasteiger partial charge in [0.25, 0.3) is 0 Å². The molecule has 1 aromatic carbocycles. The largest absolute Gasteiger partial charge is 0.320 e. The van der Waals surface area contributed by atoms with Gasteiger partial charge in [0.05, 0.1) is 6.04 Å². The number of nitrogens with zero attached hydrogens (tertiary/aromatic N) is 1. The van der Waals surface area contributed by atoms with Crippen LogP contribution in [0.3, 0.4) is 0 Å². The van der Waals surface area contributed by atoms with Crippen LogP contribution in [0, 0.1) is 13.8 Å². The first kappa shape index (κ1) is 12.1.